The van der Waals surface area contributed by atoms with Gasteiger partial charge in [-0.15, -0.1) is 0 Å². The second-order valence-corrected chi connectivity index (χ2v) is 3.76. The van der Waals surface area contributed by atoms with E-state index in [1.807, 2.05) is 0 Å². The maximum atomic E-state index is 7.56. The monoisotopic (exact) mass is 169 g/mol. The minimum atomic E-state index is 0.329. The average Bonchev–Trinajstić information content (AvgIpc) is 2.17. The summed E-state index contributed by atoms with van der Waals surface area (Å²) < 4.78 is 4.95. The van der Waals surface area contributed by atoms with E-state index in [4.69, 9.17) is 10.1 Å². The predicted molar refractivity (Wildman–Crippen MR) is 50.5 cm³/mol. The summed E-state index contributed by atoms with van der Waals surface area (Å²) in [4.78, 5) is 0. The molecule has 0 heterocycles. The second-order valence-electron chi connectivity index (χ2n) is 3.76. The Morgan fingerprint density at radius 1 is 1.33 bits per heavy atom. The first-order valence-electron chi connectivity index (χ1n) is 4.88. The molecule has 1 fully saturated rings. The minimum absolute atomic E-state index is 0.329. The maximum Gasteiger partial charge on any atom is 0.183 e. The van der Waals surface area contributed by atoms with Crippen molar-refractivity contribution in [3.05, 3.63) is 0 Å². The van der Waals surface area contributed by atoms with Crippen LogP contribution >= 0.6 is 0 Å². The van der Waals surface area contributed by atoms with Crippen LogP contribution in [0.5, 0.6) is 0 Å². The van der Waals surface area contributed by atoms with Crippen LogP contribution in [-0.4, -0.2) is 13.0 Å². The number of hydrogen-bond donors (Lipinski definition) is 1. The largest absolute Gasteiger partial charge is 0.484 e. The molecule has 1 atom stereocenters. The molecule has 0 radical (unpaired) electrons. The predicted octanol–water partition coefficient (Wildman–Crippen LogP) is 2.83. The maximum absolute atomic E-state index is 7.56. The van der Waals surface area contributed by atoms with Gasteiger partial charge in [0.1, 0.15) is 0 Å². The number of hydrogen-bond acceptors (Lipinski definition) is 2. The van der Waals surface area contributed by atoms with Gasteiger partial charge in [0.2, 0.25) is 0 Å². The lowest BCUT2D eigenvalue weighted by Gasteiger charge is -2.26. The zero-order valence-corrected chi connectivity index (χ0v) is 8.10. The van der Waals surface area contributed by atoms with Crippen LogP contribution in [0.1, 0.15) is 39.0 Å². The number of rotatable bonds is 2. The Morgan fingerprint density at radius 3 is 2.42 bits per heavy atom. The minimum Gasteiger partial charge on any atom is -0.484 e. The summed E-state index contributed by atoms with van der Waals surface area (Å²) in [5.74, 6) is 1.49. The van der Waals surface area contributed by atoms with Gasteiger partial charge in [0, 0.05) is 5.92 Å². The molecule has 0 aliphatic heterocycles. The molecule has 0 aromatic carbocycles. The first-order valence-corrected chi connectivity index (χ1v) is 4.88. The highest BCUT2D eigenvalue weighted by molar-refractivity contribution is 5.75. The first kappa shape index (κ1) is 9.56. The summed E-state index contributed by atoms with van der Waals surface area (Å²) in [6, 6.07) is 0. The molecule has 2 heteroatoms. The van der Waals surface area contributed by atoms with E-state index in [-0.39, 0.29) is 0 Å². The summed E-state index contributed by atoms with van der Waals surface area (Å²) in [5.41, 5.74) is 0. The van der Waals surface area contributed by atoms with E-state index >= 15 is 0 Å². The van der Waals surface area contributed by atoms with Crippen molar-refractivity contribution in [3.63, 3.8) is 0 Å². The molecule has 70 valence electrons. The van der Waals surface area contributed by atoms with Gasteiger partial charge in [-0.1, -0.05) is 26.2 Å². The van der Waals surface area contributed by atoms with Crippen molar-refractivity contribution in [2.24, 2.45) is 11.8 Å². The van der Waals surface area contributed by atoms with Crippen LogP contribution in [0.15, 0.2) is 0 Å². The fraction of sp³-hybridized carbons (Fsp3) is 0.900. The van der Waals surface area contributed by atoms with Crippen LogP contribution in [0.3, 0.4) is 0 Å². The Balaban J connectivity index is 2.39. The van der Waals surface area contributed by atoms with Crippen molar-refractivity contribution < 1.29 is 4.74 Å². The molecule has 0 spiro atoms. The Labute approximate surface area is 74.8 Å². The molecule has 12 heavy (non-hydrogen) atoms. The van der Waals surface area contributed by atoms with E-state index in [1.165, 1.54) is 32.1 Å². The van der Waals surface area contributed by atoms with Crippen LogP contribution in [0.25, 0.3) is 0 Å². The third-order valence-electron chi connectivity index (χ3n) is 2.99. The third-order valence-corrected chi connectivity index (χ3v) is 2.99. The van der Waals surface area contributed by atoms with Gasteiger partial charge < -0.3 is 4.74 Å². The molecule has 1 aliphatic rings. The molecule has 1 rings (SSSR count). The van der Waals surface area contributed by atoms with Crippen molar-refractivity contribution in [2.75, 3.05) is 7.11 Å². The van der Waals surface area contributed by atoms with E-state index in [0.29, 0.717) is 17.7 Å². The highest BCUT2D eigenvalue weighted by Crippen LogP contribution is 2.30. The van der Waals surface area contributed by atoms with Gasteiger partial charge in [-0.25, -0.2) is 0 Å². The van der Waals surface area contributed by atoms with Gasteiger partial charge in [0.05, 0.1) is 7.11 Å². The van der Waals surface area contributed by atoms with Gasteiger partial charge in [-0.3, -0.25) is 5.41 Å². The van der Waals surface area contributed by atoms with Gasteiger partial charge in [0.25, 0.3) is 0 Å². The molecule has 0 amide bonds. The summed E-state index contributed by atoms with van der Waals surface area (Å²) in [6.45, 7) is 2.11. The highest BCUT2D eigenvalue weighted by Gasteiger charge is 2.23. The quantitative estimate of drug-likeness (QED) is 0.500. The fourth-order valence-corrected chi connectivity index (χ4v) is 2.03. The van der Waals surface area contributed by atoms with E-state index in [0.717, 1.165) is 0 Å². The number of ether oxygens (including phenoxy) is 1. The molecule has 0 aromatic heterocycles. The van der Waals surface area contributed by atoms with Gasteiger partial charge in [0.15, 0.2) is 5.90 Å². The highest BCUT2D eigenvalue weighted by atomic mass is 16.5. The van der Waals surface area contributed by atoms with Crippen LogP contribution in [0.2, 0.25) is 0 Å². The van der Waals surface area contributed by atoms with Crippen LogP contribution in [0, 0.1) is 17.2 Å². The lowest BCUT2D eigenvalue weighted by Crippen LogP contribution is -2.23. The van der Waals surface area contributed by atoms with Crippen molar-refractivity contribution in [3.8, 4) is 0 Å². The average molecular weight is 169 g/mol. The summed E-state index contributed by atoms with van der Waals surface area (Å²) in [5, 5.41) is 7.56. The Bertz CT molecular complexity index is 150. The summed E-state index contributed by atoms with van der Waals surface area (Å²) in [7, 11) is 1.60. The van der Waals surface area contributed by atoms with E-state index in [1.54, 1.807) is 7.11 Å². The molecule has 0 aromatic rings. The van der Waals surface area contributed by atoms with Crippen LogP contribution in [-0.2, 0) is 4.74 Å². The van der Waals surface area contributed by atoms with Crippen LogP contribution in [0.4, 0.5) is 0 Å². The third kappa shape index (κ3) is 2.23. The normalized spacial score (nSPS) is 21.8. The smallest absolute Gasteiger partial charge is 0.183 e. The summed E-state index contributed by atoms with van der Waals surface area (Å²) >= 11 is 0. The Morgan fingerprint density at radius 2 is 1.92 bits per heavy atom. The molecule has 1 aliphatic carbocycles. The topological polar surface area (TPSA) is 33.1 Å². The van der Waals surface area contributed by atoms with Crippen molar-refractivity contribution in [1.29, 1.82) is 5.41 Å². The van der Waals surface area contributed by atoms with Crippen LogP contribution < -0.4 is 0 Å². The van der Waals surface area contributed by atoms with Gasteiger partial charge in [-0.2, -0.15) is 0 Å². The van der Waals surface area contributed by atoms with E-state index in [2.05, 4.69) is 6.92 Å². The molecule has 1 saturated carbocycles. The molecule has 1 N–H and O–H groups in total. The lowest BCUT2D eigenvalue weighted by molar-refractivity contribution is 0.269. The SMILES string of the molecule is COC(=N)C(C)C1CCCCC1. The molecular formula is C10H19NO. The second kappa shape index (κ2) is 4.48. The first-order chi connectivity index (χ1) is 5.75. The van der Waals surface area contributed by atoms with Crippen molar-refractivity contribution >= 4 is 5.90 Å². The Hall–Kier alpha value is -0.530. The molecule has 2 nitrogen and oxygen atoms in total. The molecule has 1 unspecified atom stereocenters. The standard InChI is InChI=1S/C10H19NO/c1-8(10(11)12-2)9-6-4-3-5-7-9/h8-9,11H,3-7H2,1-2H3. The number of nitrogens with one attached hydrogen (secondary N) is 1. The lowest BCUT2D eigenvalue weighted by atomic mass is 9.81. The van der Waals surface area contributed by atoms with Crippen molar-refractivity contribution in [2.45, 2.75) is 39.0 Å². The zero-order chi connectivity index (χ0) is 8.97. The molecular weight excluding hydrogens is 150 g/mol. The molecule has 0 bridgehead atoms. The van der Waals surface area contributed by atoms with Gasteiger partial charge >= 0.3 is 0 Å². The van der Waals surface area contributed by atoms with Crippen molar-refractivity contribution in [1.82, 2.24) is 0 Å². The fourth-order valence-electron chi connectivity index (χ4n) is 2.03. The summed E-state index contributed by atoms with van der Waals surface area (Å²) in [6.07, 6.45) is 6.63. The molecule has 0 saturated heterocycles. The Kier molecular flexibility index (Phi) is 3.57. The van der Waals surface area contributed by atoms with Gasteiger partial charge in [-0.05, 0) is 18.8 Å². The number of methoxy groups -OCH3 is 1. The van der Waals surface area contributed by atoms with E-state index < -0.39 is 0 Å². The zero-order valence-electron chi connectivity index (χ0n) is 8.10. The van der Waals surface area contributed by atoms with E-state index in [9.17, 15) is 0 Å².